The Morgan fingerprint density at radius 2 is 1.21 bits per heavy atom. The summed E-state index contributed by atoms with van der Waals surface area (Å²) in [6.45, 7) is 16.0. The summed E-state index contributed by atoms with van der Waals surface area (Å²) in [5, 5.41) is 21.5. The number of unbranched alkanes of at least 4 members (excludes halogenated alkanes) is 9. The van der Waals surface area contributed by atoms with Gasteiger partial charge in [0.1, 0.15) is 22.5 Å². The maximum atomic E-state index is 11.8. The van der Waals surface area contributed by atoms with E-state index in [1.807, 2.05) is 24.3 Å². The van der Waals surface area contributed by atoms with Gasteiger partial charge in [-0.05, 0) is 65.3 Å². The molecule has 1 heterocycles. The number of rotatable bonds is 16. The lowest BCUT2D eigenvalue weighted by Crippen LogP contribution is -2.28. The Hall–Kier alpha value is -2.36. The second kappa shape index (κ2) is 13.6. The van der Waals surface area contributed by atoms with Crippen molar-refractivity contribution in [2.24, 2.45) is 0 Å². The summed E-state index contributed by atoms with van der Waals surface area (Å²) in [7, 11) is 0. The van der Waals surface area contributed by atoms with E-state index in [-0.39, 0.29) is 10.8 Å². The topological polar surface area (TPSA) is 50.9 Å². The molecule has 0 atom stereocenters. The highest BCUT2D eigenvalue weighted by Crippen LogP contribution is 2.46. The van der Waals surface area contributed by atoms with Crippen LogP contribution in [0.1, 0.15) is 142 Å². The number of benzene rings is 2. The molecule has 210 valence electrons. The third-order valence-corrected chi connectivity index (χ3v) is 8.81. The Kier molecular flexibility index (Phi) is 10.8. The number of phenolic OH excluding ortho intramolecular Hbond substituents is 1. The molecule has 1 aromatic heterocycles. The molecular weight excluding hydrogens is 466 g/mol. The Balaban J connectivity index is 1.92. The summed E-state index contributed by atoms with van der Waals surface area (Å²) >= 11 is 0. The van der Waals surface area contributed by atoms with Crippen molar-refractivity contribution in [1.82, 2.24) is 15.0 Å². The first kappa shape index (κ1) is 30.2. The Labute approximate surface area is 232 Å². The largest absolute Gasteiger partial charge is 0.505 e. The summed E-state index contributed by atoms with van der Waals surface area (Å²) in [6.07, 6.45) is 16.0. The van der Waals surface area contributed by atoms with E-state index in [1.54, 1.807) is 4.80 Å². The summed E-state index contributed by atoms with van der Waals surface area (Å²) in [6, 6.07) is 10.3. The van der Waals surface area contributed by atoms with Crippen LogP contribution in [-0.2, 0) is 17.3 Å². The number of aromatic hydroxyl groups is 1. The van der Waals surface area contributed by atoms with Crippen LogP contribution in [-0.4, -0.2) is 20.1 Å². The Morgan fingerprint density at radius 3 is 1.71 bits per heavy atom. The second-order valence-corrected chi connectivity index (χ2v) is 12.5. The molecule has 2 aromatic carbocycles. The molecule has 0 aliphatic rings. The molecule has 4 heteroatoms. The molecule has 0 aliphatic carbocycles. The molecule has 0 saturated carbocycles. The van der Waals surface area contributed by atoms with Gasteiger partial charge < -0.3 is 5.11 Å². The van der Waals surface area contributed by atoms with Crippen molar-refractivity contribution in [2.45, 2.75) is 143 Å². The zero-order valence-electron chi connectivity index (χ0n) is 25.4. The van der Waals surface area contributed by atoms with Gasteiger partial charge >= 0.3 is 0 Å². The number of hydrogen-bond donors (Lipinski definition) is 1. The molecule has 0 spiro atoms. The standard InChI is InChI=1S/C34H53N3O/c1-8-11-12-13-14-15-16-17-18-19-22-26-25-27(33(4,5)9-2)30(34(6,7)10-3)31(32(26)38)37-35-28-23-20-21-24-29(28)36-37/h20-21,23-25,38H,8-19,22H2,1-7H3. The highest BCUT2D eigenvalue weighted by Gasteiger charge is 2.35. The maximum absolute atomic E-state index is 11.8. The van der Waals surface area contributed by atoms with Crippen molar-refractivity contribution in [3.05, 3.63) is 47.0 Å². The lowest BCUT2D eigenvalue weighted by atomic mass is 9.70. The molecule has 0 fully saturated rings. The van der Waals surface area contributed by atoms with Gasteiger partial charge in [-0.2, -0.15) is 0 Å². The van der Waals surface area contributed by atoms with Gasteiger partial charge in [0.25, 0.3) is 0 Å². The number of aromatic nitrogens is 3. The van der Waals surface area contributed by atoms with Crippen LogP contribution in [0.4, 0.5) is 0 Å². The van der Waals surface area contributed by atoms with Gasteiger partial charge in [0.2, 0.25) is 0 Å². The fourth-order valence-electron chi connectivity index (χ4n) is 5.45. The van der Waals surface area contributed by atoms with Crippen molar-refractivity contribution < 1.29 is 5.11 Å². The highest BCUT2D eigenvalue weighted by atomic mass is 16.3. The van der Waals surface area contributed by atoms with Gasteiger partial charge in [0.05, 0.1) is 0 Å². The summed E-state index contributed by atoms with van der Waals surface area (Å²) in [5.74, 6) is 0.355. The van der Waals surface area contributed by atoms with Gasteiger partial charge in [0, 0.05) is 0 Å². The number of phenols is 1. The minimum absolute atomic E-state index is 0.0245. The van der Waals surface area contributed by atoms with Crippen LogP contribution >= 0.6 is 0 Å². The normalized spacial score (nSPS) is 12.5. The van der Waals surface area contributed by atoms with Gasteiger partial charge in [-0.3, -0.25) is 0 Å². The smallest absolute Gasteiger partial charge is 0.146 e. The predicted molar refractivity (Wildman–Crippen MR) is 163 cm³/mol. The zero-order valence-corrected chi connectivity index (χ0v) is 25.4. The lowest BCUT2D eigenvalue weighted by Gasteiger charge is -2.36. The van der Waals surface area contributed by atoms with E-state index in [0.29, 0.717) is 5.75 Å². The molecule has 1 N–H and O–H groups in total. The third-order valence-electron chi connectivity index (χ3n) is 8.81. The first-order chi connectivity index (χ1) is 18.2. The average Bonchev–Trinajstić information content (AvgIpc) is 3.33. The number of fused-ring (bicyclic) bond motifs is 1. The fraction of sp³-hybridized carbons (Fsp3) is 0.647. The van der Waals surface area contributed by atoms with Crippen LogP contribution in [0.25, 0.3) is 16.7 Å². The van der Waals surface area contributed by atoms with Crippen molar-refractivity contribution in [1.29, 1.82) is 0 Å². The van der Waals surface area contributed by atoms with E-state index in [1.165, 1.54) is 68.9 Å². The summed E-state index contributed by atoms with van der Waals surface area (Å²) < 4.78 is 0. The van der Waals surface area contributed by atoms with Crippen LogP contribution in [0.5, 0.6) is 5.75 Å². The number of hydrogen-bond acceptors (Lipinski definition) is 3. The highest BCUT2D eigenvalue weighted by molar-refractivity contribution is 5.74. The van der Waals surface area contributed by atoms with Crippen molar-refractivity contribution >= 4 is 11.0 Å². The SMILES string of the molecule is CCCCCCCCCCCCc1cc(C(C)(C)CC)c(C(C)(C)CC)c(-n2nc3ccccc3n2)c1O. The van der Waals surface area contributed by atoms with E-state index < -0.39 is 0 Å². The van der Waals surface area contributed by atoms with Crippen LogP contribution in [0.2, 0.25) is 0 Å². The summed E-state index contributed by atoms with van der Waals surface area (Å²) in [4.78, 5) is 1.71. The van der Waals surface area contributed by atoms with E-state index in [2.05, 4.69) is 54.5 Å². The molecule has 0 bridgehead atoms. The number of aryl methyl sites for hydroxylation is 1. The molecule has 0 aliphatic heterocycles. The van der Waals surface area contributed by atoms with E-state index >= 15 is 0 Å². The molecule has 4 nitrogen and oxygen atoms in total. The third kappa shape index (κ3) is 7.18. The second-order valence-electron chi connectivity index (χ2n) is 12.5. The van der Waals surface area contributed by atoms with Crippen molar-refractivity contribution in [2.75, 3.05) is 0 Å². The van der Waals surface area contributed by atoms with E-state index in [4.69, 9.17) is 10.2 Å². The fourth-order valence-corrected chi connectivity index (χ4v) is 5.45. The van der Waals surface area contributed by atoms with Gasteiger partial charge in [0.15, 0.2) is 0 Å². The van der Waals surface area contributed by atoms with Crippen LogP contribution in [0.15, 0.2) is 30.3 Å². The molecule has 0 amide bonds. The minimum Gasteiger partial charge on any atom is -0.505 e. The van der Waals surface area contributed by atoms with Crippen LogP contribution in [0.3, 0.4) is 0 Å². The summed E-state index contributed by atoms with van der Waals surface area (Å²) in [5.41, 5.74) is 5.85. The molecule has 0 radical (unpaired) electrons. The molecule has 3 aromatic rings. The maximum Gasteiger partial charge on any atom is 0.146 e. The van der Waals surface area contributed by atoms with Crippen LogP contribution in [0, 0.1) is 0 Å². The van der Waals surface area contributed by atoms with Crippen molar-refractivity contribution in [3.8, 4) is 11.4 Å². The molecular formula is C34H53N3O. The molecule has 0 unspecified atom stereocenters. The quantitative estimate of drug-likeness (QED) is 0.192. The molecule has 3 rings (SSSR count). The van der Waals surface area contributed by atoms with E-state index in [9.17, 15) is 5.11 Å². The van der Waals surface area contributed by atoms with Gasteiger partial charge in [-0.25, -0.2) is 0 Å². The van der Waals surface area contributed by atoms with Gasteiger partial charge in [-0.1, -0.05) is 124 Å². The minimum atomic E-state index is -0.135. The van der Waals surface area contributed by atoms with E-state index in [0.717, 1.165) is 48.0 Å². The molecule has 38 heavy (non-hydrogen) atoms. The monoisotopic (exact) mass is 519 g/mol. The number of nitrogens with zero attached hydrogens (tertiary/aromatic N) is 3. The molecule has 0 saturated heterocycles. The zero-order chi connectivity index (χ0) is 27.8. The van der Waals surface area contributed by atoms with Crippen LogP contribution < -0.4 is 0 Å². The Morgan fingerprint density at radius 1 is 0.711 bits per heavy atom. The van der Waals surface area contributed by atoms with Gasteiger partial charge in [-0.15, -0.1) is 15.0 Å². The van der Waals surface area contributed by atoms with Crippen molar-refractivity contribution in [3.63, 3.8) is 0 Å². The average molecular weight is 520 g/mol. The lowest BCUT2D eigenvalue weighted by molar-refractivity contribution is 0.427. The first-order valence-corrected chi connectivity index (χ1v) is 15.4. The predicted octanol–water partition coefficient (Wildman–Crippen LogP) is 9.96. The first-order valence-electron chi connectivity index (χ1n) is 15.4. The Bertz CT molecular complexity index is 1120.